The maximum Gasteiger partial charge on any atom is 0.267 e. The van der Waals surface area contributed by atoms with E-state index >= 15 is 0 Å². The molecule has 6 heteroatoms. The van der Waals surface area contributed by atoms with E-state index in [1.165, 1.54) is 17.0 Å². The molecule has 1 saturated heterocycles. The van der Waals surface area contributed by atoms with Crippen LogP contribution in [0.25, 0.3) is 6.08 Å². The fourth-order valence-corrected chi connectivity index (χ4v) is 3.44. The number of halogens is 1. The molecule has 1 aliphatic rings. The van der Waals surface area contributed by atoms with Crippen molar-refractivity contribution in [2.45, 2.75) is 6.92 Å². The molecule has 1 amide bonds. The van der Waals surface area contributed by atoms with E-state index in [9.17, 15) is 14.3 Å². The Bertz CT molecular complexity index is 937. The first-order chi connectivity index (χ1) is 12.5. The number of carbonyl (C=O) groups is 1. The highest BCUT2D eigenvalue weighted by Gasteiger charge is 2.33. The maximum absolute atomic E-state index is 13.9. The van der Waals surface area contributed by atoms with Crippen LogP contribution >= 0.6 is 11.8 Å². The number of phenolic OH excluding ortho intramolecular Hbond substituents is 1. The lowest BCUT2D eigenvalue weighted by molar-refractivity contribution is -0.121. The Labute approximate surface area is 155 Å². The summed E-state index contributed by atoms with van der Waals surface area (Å²) in [5.74, 6) is -0.635. The zero-order valence-corrected chi connectivity index (χ0v) is 15.0. The number of aliphatic imine (C=N–C) groups is 1. The Morgan fingerprint density at radius 3 is 2.77 bits per heavy atom. The third-order valence-electron chi connectivity index (χ3n) is 3.74. The first-order valence-electron chi connectivity index (χ1n) is 7.94. The molecule has 0 bridgehead atoms. The zero-order chi connectivity index (χ0) is 18.7. The molecule has 4 nitrogen and oxygen atoms in total. The van der Waals surface area contributed by atoms with Gasteiger partial charge in [-0.2, -0.15) is 0 Å². The van der Waals surface area contributed by atoms with E-state index in [-0.39, 0.29) is 18.2 Å². The Morgan fingerprint density at radius 2 is 2.08 bits per heavy atom. The van der Waals surface area contributed by atoms with Crippen molar-refractivity contribution >= 4 is 34.6 Å². The van der Waals surface area contributed by atoms with Gasteiger partial charge in [-0.05, 0) is 48.5 Å². The number of nitrogens with zero attached hydrogens (tertiary/aromatic N) is 2. The Balaban J connectivity index is 2.00. The molecule has 26 heavy (non-hydrogen) atoms. The van der Waals surface area contributed by atoms with E-state index < -0.39 is 5.82 Å². The van der Waals surface area contributed by atoms with Gasteiger partial charge in [-0.25, -0.2) is 9.38 Å². The van der Waals surface area contributed by atoms with Crippen LogP contribution in [0.15, 0.2) is 65.0 Å². The number of hydrogen-bond donors (Lipinski definition) is 1. The largest absolute Gasteiger partial charge is 0.506 e. The predicted octanol–water partition coefficient (Wildman–Crippen LogP) is 4.63. The summed E-state index contributed by atoms with van der Waals surface area (Å²) in [6, 6.07) is 11.4. The van der Waals surface area contributed by atoms with Crippen LogP contribution < -0.4 is 0 Å². The van der Waals surface area contributed by atoms with Crippen LogP contribution in [-0.2, 0) is 4.79 Å². The zero-order valence-electron chi connectivity index (χ0n) is 14.1. The van der Waals surface area contributed by atoms with Crippen LogP contribution in [0.1, 0.15) is 11.1 Å². The van der Waals surface area contributed by atoms with Gasteiger partial charge in [0.25, 0.3) is 5.91 Å². The van der Waals surface area contributed by atoms with E-state index in [1.807, 2.05) is 13.0 Å². The van der Waals surface area contributed by atoms with E-state index in [1.54, 1.807) is 36.4 Å². The average Bonchev–Trinajstić information content (AvgIpc) is 2.89. The topological polar surface area (TPSA) is 52.9 Å². The molecular weight excluding hydrogens is 351 g/mol. The summed E-state index contributed by atoms with van der Waals surface area (Å²) in [5.41, 5.74) is 1.61. The molecule has 1 aliphatic heterocycles. The monoisotopic (exact) mass is 368 g/mol. The molecule has 1 N–H and O–H groups in total. The van der Waals surface area contributed by atoms with E-state index in [0.29, 0.717) is 21.3 Å². The molecule has 0 radical (unpaired) electrons. The quantitative estimate of drug-likeness (QED) is 0.632. The second-order valence-electron chi connectivity index (χ2n) is 5.72. The van der Waals surface area contributed by atoms with Crippen molar-refractivity contribution in [1.82, 2.24) is 4.90 Å². The number of rotatable bonds is 4. The van der Waals surface area contributed by atoms with Crippen LogP contribution in [0.3, 0.4) is 0 Å². The van der Waals surface area contributed by atoms with Crippen molar-refractivity contribution in [3.8, 4) is 5.75 Å². The van der Waals surface area contributed by atoms with Gasteiger partial charge in [-0.15, -0.1) is 6.58 Å². The highest BCUT2D eigenvalue weighted by molar-refractivity contribution is 8.18. The number of carbonyl (C=O) groups excluding carboxylic acids is 1. The van der Waals surface area contributed by atoms with Crippen LogP contribution in [-0.4, -0.2) is 27.6 Å². The maximum atomic E-state index is 13.9. The minimum atomic E-state index is -0.398. The molecule has 0 aliphatic carbocycles. The summed E-state index contributed by atoms with van der Waals surface area (Å²) in [6.45, 7) is 5.80. The minimum absolute atomic E-state index is 0.0376. The first kappa shape index (κ1) is 17.9. The van der Waals surface area contributed by atoms with Crippen LogP contribution in [0.2, 0.25) is 0 Å². The lowest BCUT2D eigenvalue weighted by Gasteiger charge is -2.12. The predicted molar refractivity (Wildman–Crippen MR) is 104 cm³/mol. The van der Waals surface area contributed by atoms with Gasteiger partial charge in [0, 0.05) is 12.1 Å². The molecule has 132 valence electrons. The third-order valence-corrected chi connectivity index (χ3v) is 4.75. The van der Waals surface area contributed by atoms with Crippen molar-refractivity contribution in [3.05, 3.63) is 77.0 Å². The van der Waals surface area contributed by atoms with Gasteiger partial charge < -0.3 is 5.11 Å². The number of benzene rings is 2. The van der Waals surface area contributed by atoms with Crippen molar-refractivity contribution in [2.75, 3.05) is 6.54 Å². The van der Waals surface area contributed by atoms with Gasteiger partial charge in [-0.1, -0.05) is 30.3 Å². The number of amidine groups is 1. The molecule has 0 unspecified atom stereocenters. The second kappa shape index (κ2) is 7.58. The highest BCUT2D eigenvalue weighted by atomic mass is 32.2. The SMILES string of the molecule is C=CCN1C(=O)/C(=C/c2ccccc2F)SC1=Nc1ccc(C)cc1O. The molecular formula is C20H17FN2O2S. The van der Waals surface area contributed by atoms with E-state index in [0.717, 1.165) is 17.3 Å². The van der Waals surface area contributed by atoms with Gasteiger partial charge >= 0.3 is 0 Å². The molecule has 0 spiro atoms. The number of phenols is 1. The number of aryl methyl sites for hydroxylation is 1. The number of aromatic hydroxyl groups is 1. The molecule has 0 aromatic heterocycles. The summed E-state index contributed by atoms with van der Waals surface area (Å²) >= 11 is 1.14. The fourth-order valence-electron chi connectivity index (χ4n) is 2.45. The normalized spacial score (nSPS) is 17.3. The van der Waals surface area contributed by atoms with Crippen molar-refractivity contribution in [1.29, 1.82) is 0 Å². The van der Waals surface area contributed by atoms with Gasteiger partial charge in [0.15, 0.2) is 5.17 Å². The minimum Gasteiger partial charge on any atom is -0.506 e. The molecule has 0 saturated carbocycles. The average molecular weight is 368 g/mol. The summed E-state index contributed by atoms with van der Waals surface area (Å²) in [6.07, 6.45) is 3.10. The standard InChI is InChI=1S/C20H17FN2O2S/c1-3-10-23-19(25)18(12-14-6-4-5-7-15(14)21)26-20(23)22-16-9-8-13(2)11-17(16)24/h3-9,11-12,24H,1,10H2,2H3/b18-12-,22-20?. The van der Waals surface area contributed by atoms with E-state index in [4.69, 9.17) is 0 Å². The van der Waals surface area contributed by atoms with Crippen LogP contribution in [0.4, 0.5) is 10.1 Å². The molecule has 1 fully saturated rings. The molecule has 2 aromatic rings. The molecule has 1 heterocycles. The molecule has 0 atom stereocenters. The smallest absolute Gasteiger partial charge is 0.267 e. The van der Waals surface area contributed by atoms with Gasteiger partial charge in [-0.3, -0.25) is 9.69 Å². The van der Waals surface area contributed by atoms with Gasteiger partial charge in [0.1, 0.15) is 17.3 Å². The van der Waals surface area contributed by atoms with Gasteiger partial charge in [0.2, 0.25) is 0 Å². The number of amides is 1. The lowest BCUT2D eigenvalue weighted by Crippen LogP contribution is -2.29. The van der Waals surface area contributed by atoms with Crippen molar-refractivity contribution in [3.63, 3.8) is 0 Å². The van der Waals surface area contributed by atoms with E-state index in [2.05, 4.69) is 11.6 Å². The number of hydrogen-bond acceptors (Lipinski definition) is 4. The summed E-state index contributed by atoms with van der Waals surface area (Å²) in [4.78, 5) is 18.9. The Kier molecular flexibility index (Phi) is 5.23. The third kappa shape index (κ3) is 3.70. The van der Waals surface area contributed by atoms with Crippen molar-refractivity contribution in [2.24, 2.45) is 4.99 Å². The molecule has 2 aromatic carbocycles. The highest BCUT2D eigenvalue weighted by Crippen LogP contribution is 2.36. The van der Waals surface area contributed by atoms with Gasteiger partial charge in [0.05, 0.1) is 4.91 Å². The lowest BCUT2D eigenvalue weighted by atomic mass is 10.2. The summed E-state index contributed by atoms with van der Waals surface area (Å²) in [7, 11) is 0. The second-order valence-corrected chi connectivity index (χ2v) is 6.73. The number of thioether (sulfide) groups is 1. The van der Waals surface area contributed by atoms with Crippen molar-refractivity contribution < 1.29 is 14.3 Å². The van der Waals surface area contributed by atoms with Crippen LogP contribution in [0.5, 0.6) is 5.75 Å². The first-order valence-corrected chi connectivity index (χ1v) is 8.76. The Hall–Kier alpha value is -2.86. The summed E-state index contributed by atoms with van der Waals surface area (Å²) in [5, 5.41) is 10.5. The molecule has 3 rings (SSSR count). The van der Waals surface area contributed by atoms with Crippen LogP contribution in [0, 0.1) is 12.7 Å². The fraction of sp³-hybridized carbons (Fsp3) is 0.100. The summed E-state index contributed by atoms with van der Waals surface area (Å²) < 4.78 is 13.9. The Morgan fingerprint density at radius 1 is 1.31 bits per heavy atom.